The highest BCUT2D eigenvalue weighted by atomic mass is 32.2. The van der Waals surface area contributed by atoms with Crippen LogP contribution in [0.4, 0.5) is 5.69 Å². The van der Waals surface area contributed by atoms with E-state index >= 15 is 0 Å². The van der Waals surface area contributed by atoms with Gasteiger partial charge in [0.15, 0.2) is 0 Å². The molecule has 1 unspecified atom stereocenters. The largest absolute Gasteiger partial charge is 0.378 e. The highest BCUT2D eigenvalue weighted by molar-refractivity contribution is 7.89. The van der Waals surface area contributed by atoms with Gasteiger partial charge in [0.1, 0.15) is 4.90 Å². The molecule has 9 heteroatoms. The van der Waals surface area contributed by atoms with Crippen LogP contribution in [0.3, 0.4) is 0 Å². The van der Waals surface area contributed by atoms with Crippen molar-refractivity contribution >= 4 is 21.6 Å². The third kappa shape index (κ3) is 4.12. The van der Waals surface area contributed by atoms with Crippen molar-refractivity contribution in [2.24, 2.45) is 0 Å². The van der Waals surface area contributed by atoms with Gasteiger partial charge in [0.25, 0.3) is 0 Å². The second-order valence-corrected chi connectivity index (χ2v) is 7.89. The summed E-state index contributed by atoms with van der Waals surface area (Å²) in [4.78, 5) is 12.5. The molecule has 3 rings (SSSR count). The van der Waals surface area contributed by atoms with E-state index in [-0.39, 0.29) is 30.4 Å². The van der Waals surface area contributed by atoms with Crippen molar-refractivity contribution in [3.63, 3.8) is 0 Å². The van der Waals surface area contributed by atoms with Crippen LogP contribution in [0, 0.1) is 0 Å². The van der Waals surface area contributed by atoms with E-state index in [1.165, 1.54) is 16.7 Å². The number of sulfonamides is 1. The van der Waals surface area contributed by atoms with Crippen LogP contribution >= 0.6 is 0 Å². The Bertz CT molecular complexity index is 851. The van der Waals surface area contributed by atoms with Gasteiger partial charge in [-0.25, -0.2) is 8.42 Å². The monoisotopic (exact) mass is 378 g/mol. The van der Waals surface area contributed by atoms with E-state index in [0.717, 1.165) is 0 Å². The summed E-state index contributed by atoms with van der Waals surface area (Å²) in [6.07, 6.45) is 2.87. The number of nitrogens with zero attached hydrogens (tertiary/aromatic N) is 3. The van der Waals surface area contributed by atoms with Gasteiger partial charge in [-0.3, -0.25) is 9.48 Å². The topological polar surface area (TPSA) is 93.5 Å². The number of morpholine rings is 1. The van der Waals surface area contributed by atoms with Crippen molar-refractivity contribution in [3.05, 3.63) is 42.7 Å². The number of ether oxygens (including phenoxy) is 1. The number of carbonyl (C=O) groups excluding carboxylic acids is 1. The fourth-order valence-electron chi connectivity index (χ4n) is 2.85. The first-order valence-corrected chi connectivity index (χ1v) is 9.91. The summed E-state index contributed by atoms with van der Waals surface area (Å²) in [6.45, 7) is 3.17. The van der Waals surface area contributed by atoms with Crippen LogP contribution in [-0.2, 0) is 26.1 Å². The van der Waals surface area contributed by atoms with Crippen LogP contribution < -0.4 is 5.32 Å². The van der Waals surface area contributed by atoms with Gasteiger partial charge < -0.3 is 10.1 Å². The maximum atomic E-state index is 13.0. The van der Waals surface area contributed by atoms with Crippen LogP contribution in [0.5, 0.6) is 0 Å². The lowest BCUT2D eigenvalue weighted by molar-refractivity contribution is -0.118. The number of aromatic nitrogens is 2. The summed E-state index contributed by atoms with van der Waals surface area (Å²) < 4.78 is 34.2. The van der Waals surface area contributed by atoms with Gasteiger partial charge in [0.05, 0.1) is 25.5 Å². The van der Waals surface area contributed by atoms with Crippen molar-refractivity contribution < 1.29 is 17.9 Å². The van der Waals surface area contributed by atoms with E-state index in [0.29, 0.717) is 18.8 Å². The zero-order valence-corrected chi connectivity index (χ0v) is 15.4. The zero-order valence-electron chi connectivity index (χ0n) is 14.5. The Morgan fingerprint density at radius 1 is 1.35 bits per heavy atom. The minimum atomic E-state index is -3.73. The molecular formula is C17H22N4O4S. The number of anilines is 1. The summed E-state index contributed by atoms with van der Waals surface area (Å²) in [7, 11) is -3.73. The Morgan fingerprint density at radius 2 is 2.12 bits per heavy atom. The minimum absolute atomic E-state index is 0.0238. The number of aryl methyl sites for hydroxylation is 1. The van der Waals surface area contributed by atoms with E-state index in [1.807, 2.05) is 25.1 Å². The molecule has 140 valence electrons. The molecule has 2 aromatic rings. The van der Waals surface area contributed by atoms with E-state index in [4.69, 9.17) is 4.74 Å². The molecular weight excluding hydrogens is 356 g/mol. The Labute approximate surface area is 152 Å². The molecule has 1 aromatic heterocycles. The highest BCUT2D eigenvalue weighted by Gasteiger charge is 2.36. The van der Waals surface area contributed by atoms with Crippen LogP contribution in [0.1, 0.15) is 13.3 Å². The molecule has 8 nitrogen and oxygen atoms in total. The minimum Gasteiger partial charge on any atom is -0.378 e. The van der Waals surface area contributed by atoms with Crippen molar-refractivity contribution in [2.75, 3.05) is 25.1 Å². The second-order valence-electron chi connectivity index (χ2n) is 5.99. The van der Waals surface area contributed by atoms with Gasteiger partial charge in [-0.1, -0.05) is 18.2 Å². The van der Waals surface area contributed by atoms with Crippen LogP contribution in [-0.4, -0.2) is 54.2 Å². The Kier molecular flexibility index (Phi) is 5.70. The third-order valence-electron chi connectivity index (χ3n) is 4.19. The van der Waals surface area contributed by atoms with E-state index in [2.05, 4.69) is 10.4 Å². The number of para-hydroxylation sites is 1. The van der Waals surface area contributed by atoms with Crippen LogP contribution in [0.15, 0.2) is 47.6 Å². The molecule has 1 aliphatic heterocycles. The highest BCUT2D eigenvalue weighted by Crippen LogP contribution is 2.22. The number of rotatable bonds is 6. The smallest absolute Gasteiger partial charge is 0.246 e. The van der Waals surface area contributed by atoms with Crippen molar-refractivity contribution in [2.45, 2.75) is 30.8 Å². The summed E-state index contributed by atoms with van der Waals surface area (Å²) in [6, 6.07) is 8.51. The quantitative estimate of drug-likeness (QED) is 0.818. The lowest BCUT2D eigenvalue weighted by atomic mass is 10.2. The van der Waals surface area contributed by atoms with Gasteiger partial charge in [-0.05, 0) is 19.1 Å². The lowest BCUT2D eigenvalue weighted by Gasteiger charge is -2.33. The van der Waals surface area contributed by atoms with E-state index < -0.39 is 16.1 Å². The first-order chi connectivity index (χ1) is 12.5. The predicted octanol–water partition coefficient (Wildman–Crippen LogP) is 1.32. The molecule has 0 spiro atoms. The van der Waals surface area contributed by atoms with E-state index in [9.17, 15) is 13.2 Å². The molecule has 0 bridgehead atoms. The number of hydrogen-bond acceptors (Lipinski definition) is 5. The molecule has 26 heavy (non-hydrogen) atoms. The normalized spacial score (nSPS) is 18.6. The Hall–Kier alpha value is -2.23. The lowest BCUT2D eigenvalue weighted by Crippen LogP contribution is -2.49. The molecule has 1 fully saturated rings. The first-order valence-electron chi connectivity index (χ1n) is 8.47. The molecule has 0 radical (unpaired) electrons. The van der Waals surface area contributed by atoms with Crippen molar-refractivity contribution in [3.8, 4) is 0 Å². The standard InChI is InChI=1S/C17H22N4O4S/c1-2-20-12-16(11-18-20)26(23,24)21-8-9-25-13-15(21)10-17(22)19-14-6-4-3-5-7-14/h3-7,11-12,15H,2,8-10,13H2,1H3,(H,19,22). The fraction of sp³-hybridized carbons (Fsp3) is 0.412. The van der Waals surface area contributed by atoms with E-state index in [1.54, 1.807) is 16.8 Å². The summed E-state index contributed by atoms with van der Waals surface area (Å²) in [5, 5.41) is 6.82. The second kappa shape index (κ2) is 7.98. The summed E-state index contributed by atoms with van der Waals surface area (Å²) in [5.41, 5.74) is 0.674. The number of amides is 1. The molecule has 1 aliphatic rings. The molecule has 1 aromatic carbocycles. The average molecular weight is 378 g/mol. The van der Waals surface area contributed by atoms with Crippen LogP contribution in [0.2, 0.25) is 0 Å². The Morgan fingerprint density at radius 3 is 2.81 bits per heavy atom. The van der Waals surface area contributed by atoms with Gasteiger partial charge in [0, 0.05) is 31.4 Å². The molecule has 2 heterocycles. The van der Waals surface area contributed by atoms with Gasteiger partial charge in [-0.2, -0.15) is 9.40 Å². The molecule has 0 aliphatic carbocycles. The molecule has 1 saturated heterocycles. The Balaban J connectivity index is 1.74. The SMILES string of the molecule is CCn1cc(S(=O)(=O)N2CCOCC2CC(=O)Nc2ccccc2)cn1. The third-order valence-corrected chi connectivity index (χ3v) is 6.10. The number of hydrogen-bond donors (Lipinski definition) is 1. The van der Waals surface area contributed by atoms with Crippen molar-refractivity contribution in [1.29, 1.82) is 0 Å². The average Bonchev–Trinajstić information content (AvgIpc) is 3.13. The van der Waals surface area contributed by atoms with Gasteiger partial charge in [0.2, 0.25) is 15.9 Å². The maximum absolute atomic E-state index is 13.0. The van der Waals surface area contributed by atoms with Gasteiger partial charge >= 0.3 is 0 Å². The predicted molar refractivity (Wildman–Crippen MR) is 96.1 cm³/mol. The molecule has 1 amide bonds. The maximum Gasteiger partial charge on any atom is 0.246 e. The van der Waals surface area contributed by atoms with Crippen LogP contribution in [0.25, 0.3) is 0 Å². The van der Waals surface area contributed by atoms with Gasteiger partial charge in [-0.15, -0.1) is 0 Å². The molecule has 0 saturated carbocycles. The first kappa shape index (κ1) is 18.6. The number of benzene rings is 1. The summed E-state index contributed by atoms with van der Waals surface area (Å²) >= 11 is 0. The fourth-order valence-corrected chi connectivity index (χ4v) is 4.40. The van der Waals surface area contributed by atoms with Crippen molar-refractivity contribution in [1.82, 2.24) is 14.1 Å². The number of carbonyl (C=O) groups is 1. The number of nitrogens with one attached hydrogen (secondary N) is 1. The summed E-state index contributed by atoms with van der Waals surface area (Å²) in [5.74, 6) is -0.254. The molecule has 1 atom stereocenters. The molecule has 1 N–H and O–H groups in total. The zero-order chi connectivity index (χ0) is 18.6.